The van der Waals surface area contributed by atoms with Crippen molar-refractivity contribution < 1.29 is 9.53 Å². The Morgan fingerprint density at radius 3 is 2.82 bits per heavy atom. The fourth-order valence-electron chi connectivity index (χ4n) is 1.17. The van der Waals surface area contributed by atoms with Crippen molar-refractivity contribution in [3.05, 3.63) is 18.3 Å². The predicted octanol–water partition coefficient (Wildman–Crippen LogP) is 0.0614. The molecular formula is C11H18N4O2. The van der Waals surface area contributed by atoms with Gasteiger partial charge in [-0.25, -0.2) is 4.98 Å². The molecule has 0 spiro atoms. The largest absolute Gasteiger partial charge is 0.370 e. The third-order valence-electron chi connectivity index (χ3n) is 1.99. The van der Waals surface area contributed by atoms with E-state index in [9.17, 15) is 4.79 Å². The Hall–Kier alpha value is -1.66. The summed E-state index contributed by atoms with van der Waals surface area (Å²) < 4.78 is 5.01. The Morgan fingerprint density at radius 1 is 1.53 bits per heavy atom. The van der Waals surface area contributed by atoms with Gasteiger partial charge < -0.3 is 20.7 Å². The highest BCUT2D eigenvalue weighted by molar-refractivity contribution is 5.91. The Labute approximate surface area is 101 Å². The van der Waals surface area contributed by atoms with Crippen LogP contribution in [0.5, 0.6) is 0 Å². The van der Waals surface area contributed by atoms with Gasteiger partial charge in [-0.05, 0) is 12.1 Å². The van der Waals surface area contributed by atoms with Gasteiger partial charge in [-0.2, -0.15) is 0 Å². The van der Waals surface area contributed by atoms with E-state index in [2.05, 4.69) is 10.3 Å². The summed E-state index contributed by atoms with van der Waals surface area (Å²) in [6, 6.07) is 3.62. The van der Waals surface area contributed by atoms with Gasteiger partial charge >= 0.3 is 0 Å². The number of nitrogens with zero attached hydrogens (tertiary/aromatic N) is 2. The lowest BCUT2D eigenvalue weighted by atomic mass is 10.4. The molecule has 3 N–H and O–H groups in total. The lowest BCUT2D eigenvalue weighted by Crippen LogP contribution is -2.21. The molecule has 17 heavy (non-hydrogen) atoms. The van der Waals surface area contributed by atoms with Crippen molar-refractivity contribution in [2.45, 2.75) is 0 Å². The van der Waals surface area contributed by atoms with Gasteiger partial charge in [0, 0.05) is 20.6 Å². The standard InChI is InChI=1S/C11H18N4O2/c1-15(2)10-4-3-9(7-13-10)14-11(16)8-17-6-5-12/h3-4,7H,5-6,8,12H2,1-2H3,(H,14,16). The van der Waals surface area contributed by atoms with Crippen LogP contribution in [-0.2, 0) is 9.53 Å². The molecule has 1 amide bonds. The molecule has 1 aromatic heterocycles. The van der Waals surface area contributed by atoms with Gasteiger partial charge in [-0.3, -0.25) is 4.79 Å². The number of amides is 1. The van der Waals surface area contributed by atoms with Crippen molar-refractivity contribution >= 4 is 17.4 Å². The van der Waals surface area contributed by atoms with Crippen LogP contribution in [0.15, 0.2) is 18.3 Å². The number of carbonyl (C=O) groups is 1. The molecule has 94 valence electrons. The smallest absolute Gasteiger partial charge is 0.250 e. The van der Waals surface area contributed by atoms with E-state index < -0.39 is 0 Å². The van der Waals surface area contributed by atoms with Crippen molar-refractivity contribution in [3.8, 4) is 0 Å². The van der Waals surface area contributed by atoms with Crippen molar-refractivity contribution in [2.24, 2.45) is 5.73 Å². The Balaban J connectivity index is 2.43. The van der Waals surface area contributed by atoms with Crippen molar-refractivity contribution in [2.75, 3.05) is 44.1 Å². The number of anilines is 2. The topological polar surface area (TPSA) is 80.5 Å². The lowest BCUT2D eigenvalue weighted by Gasteiger charge is -2.11. The second-order valence-corrected chi connectivity index (χ2v) is 3.69. The third-order valence-corrected chi connectivity index (χ3v) is 1.99. The summed E-state index contributed by atoms with van der Waals surface area (Å²) in [5.41, 5.74) is 5.89. The summed E-state index contributed by atoms with van der Waals surface area (Å²) >= 11 is 0. The first-order valence-electron chi connectivity index (χ1n) is 5.34. The first-order chi connectivity index (χ1) is 8.13. The zero-order chi connectivity index (χ0) is 12.7. The molecule has 0 aliphatic rings. The highest BCUT2D eigenvalue weighted by atomic mass is 16.5. The average Bonchev–Trinajstić information content (AvgIpc) is 2.30. The zero-order valence-corrected chi connectivity index (χ0v) is 10.1. The molecule has 1 heterocycles. The van der Waals surface area contributed by atoms with E-state index >= 15 is 0 Å². The maximum Gasteiger partial charge on any atom is 0.250 e. The fraction of sp³-hybridized carbons (Fsp3) is 0.455. The molecule has 0 saturated heterocycles. The fourth-order valence-corrected chi connectivity index (χ4v) is 1.17. The minimum absolute atomic E-state index is 0.00658. The zero-order valence-electron chi connectivity index (χ0n) is 10.1. The van der Waals surface area contributed by atoms with Gasteiger partial charge in [0.2, 0.25) is 5.91 Å². The van der Waals surface area contributed by atoms with E-state index in [-0.39, 0.29) is 12.5 Å². The van der Waals surface area contributed by atoms with Gasteiger partial charge in [-0.1, -0.05) is 0 Å². The molecule has 0 saturated carbocycles. The highest BCUT2D eigenvalue weighted by Gasteiger charge is 2.03. The van der Waals surface area contributed by atoms with E-state index in [1.807, 2.05) is 25.1 Å². The highest BCUT2D eigenvalue weighted by Crippen LogP contribution is 2.11. The predicted molar refractivity (Wildman–Crippen MR) is 67.1 cm³/mol. The molecule has 6 heteroatoms. The molecule has 0 aromatic carbocycles. The van der Waals surface area contributed by atoms with Crippen LogP contribution in [0.4, 0.5) is 11.5 Å². The number of rotatable bonds is 6. The Kier molecular flexibility index (Phi) is 5.38. The number of hydrogen-bond donors (Lipinski definition) is 2. The summed E-state index contributed by atoms with van der Waals surface area (Å²) in [4.78, 5) is 17.5. The van der Waals surface area contributed by atoms with Crippen molar-refractivity contribution in [1.82, 2.24) is 4.98 Å². The van der Waals surface area contributed by atoms with Gasteiger partial charge in [-0.15, -0.1) is 0 Å². The molecule has 0 bridgehead atoms. The van der Waals surface area contributed by atoms with Gasteiger partial charge in [0.25, 0.3) is 0 Å². The number of aromatic nitrogens is 1. The van der Waals surface area contributed by atoms with Gasteiger partial charge in [0.1, 0.15) is 12.4 Å². The van der Waals surface area contributed by atoms with Crippen LogP contribution in [0, 0.1) is 0 Å². The van der Waals surface area contributed by atoms with E-state index in [0.717, 1.165) is 5.82 Å². The number of pyridine rings is 1. The van der Waals surface area contributed by atoms with Crippen LogP contribution in [-0.4, -0.2) is 44.7 Å². The summed E-state index contributed by atoms with van der Waals surface area (Å²) in [6.07, 6.45) is 1.61. The van der Waals surface area contributed by atoms with Crippen molar-refractivity contribution in [1.29, 1.82) is 0 Å². The van der Waals surface area contributed by atoms with Crippen LogP contribution in [0.1, 0.15) is 0 Å². The first kappa shape index (κ1) is 13.4. The van der Waals surface area contributed by atoms with E-state index in [0.29, 0.717) is 18.8 Å². The molecular weight excluding hydrogens is 220 g/mol. The SMILES string of the molecule is CN(C)c1ccc(NC(=O)COCCN)cn1. The van der Waals surface area contributed by atoms with E-state index in [1.54, 1.807) is 12.3 Å². The lowest BCUT2D eigenvalue weighted by molar-refractivity contribution is -0.120. The maximum absolute atomic E-state index is 11.4. The molecule has 0 aliphatic heterocycles. The van der Waals surface area contributed by atoms with Crippen LogP contribution in [0.2, 0.25) is 0 Å². The number of hydrogen-bond acceptors (Lipinski definition) is 5. The normalized spacial score (nSPS) is 10.1. The van der Waals surface area contributed by atoms with Crippen molar-refractivity contribution in [3.63, 3.8) is 0 Å². The summed E-state index contributed by atoms with van der Waals surface area (Å²) in [7, 11) is 3.81. The number of carbonyl (C=O) groups excluding carboxylic acids is 1. The maximum atomic E-state index is 11.4. The van der Waals surface area contributed by atoms with Crippen LogP contribution in [0.3, 0.4) is 0 Å². The number of ether oxygens (including phenoxy) is 1. The van der Waals surface area contributed by atoms with Gasteiger partial charge in [0.05, 0.1) is 18.5 Å². The Morgan fingerprint density at radius 2 is 2.29 bits per heavy atom. The van der Waals surface area contributed by atoms with Crippen LogP contribution >= 0.6 is 0 Å². The molecule has 0 aliphatic carbocycles. The summed E-state index contributed by atoms with van der Waals surface area (Å²) in [5.74, 6) is 0.625. The summed E-state index contributed by atoms with van der Waals surface area (Å²) in [6.45, 7) is 0.796. The number of nitrogens with two attached hydrogens (primary N) is 1. The quantitative estimate of drug-likeness (QED) is 0.685. The minimum atomic E-state index is -0.210. The molecule has 1 rings (SSSR count). The number of nitrogens with one attached hydrogen (secondary N) is 1. The average molecular weight is 238 g/mol. The molecule has 0 fully saturated rings. The third kappa shape index (κ3) is 4.80. The summed E-state index contributed by atoms with van der Waals surface area (Å²) in [5, 5.41) is 2.68. The van der Waals surface area contributed by atoms with Gasteiger partial charge in [0.15, 0.2) is 0 Å². The van der Waals surface area contributed by atoms with E-state index in [1.165, 1.54) is 0 Å². The second-order valence-electron chi connectivity index (χ2n) is 3.69. The molecule has 0 radical (unpaired) electrons. The second kappa shape index (κ2) is 6.82. The molecule has 1 aromatic rings. The van der Waals surface area contributed by atoms with E-state index in [4.69, 9.17) is 10.5 Å². The molecule has 0 unspecified atom stereocenters. The molecule has 6 nitrogen and oxygen atoms in total. The Bertz CT molecular complexity index is 351. The van der Waals surface area contributed by atoms with Crippen LogP contribution in [0.25, 0.3) is 0 Å². The molecule has 0 atom stereocenters. The first-order valence-corrected chi connectivity index (χ1v) is 5.34. The minimum Gasteiger partial charge on any atom is -0.370 e. The monoisotopic (exact) mass is 238 g/mol. The van der Waals surface area contributed by atoms with Crippen LogP contribution < -0.4 is 16.0 Å².